The fourth-order valence-corrected chi connectivity index (χ4v) is 4.60. The molecule has 1 aromatic carbocycles. The van der Waals surface area contributed by atoms with Crippen LogP contribution in [0.3, 0.4) is 0 Å². The van der Waals surface area contributed by atoms with E-state index in [2.05, 4.69) is 20.6 Å². The van der Waals surface area contributed by atoms with Gasteiger partial charge in [-0.05, 0) is 12.1 Å². The fraction of sp³-hybridized carbons (Fsp3) is 0.250. The molecule has 0 aliphatic carbocycles. The van der Waals surface area contributed by atoms with Gasteiger partial charge in [-0.25, -0.2) is 9.78 Å². The lowest BCUT2D eigenvalue weighted by Crippen LogP contribution is -2.38. The first-order chi connectivity index (χ1) is 16.8. The van der Waals surface area contributed by atoms with Crippen LogP contribution in [0.4, 0.5) is 9.93 Å². The van der Waals surface area contributed by atoms with Gasteiger partial charge in [-0.3, -0.25) is 4.79 Å². The van der Waals surface area contributed by atoms with Gasteiger partial charge in [0.05, 0.1) is 17.3 Å². The second-order valence-corrected chi connectivity index (χ2v) is 9.77. The van der Waals surface area contributed by atoms with Crippen molar-refractivity contribution < 1.29 is 14.3 Å². The van der Waals surface area contributed by atoms with Gasteiger partial charge < -0.3 is 15.0 Å². The number of amides is 2. The van der Waals surface area contributed by atoms with E-state index >= 15 is 0 Å². The first-order valence-electron chi connectivity index (χ1n) is 10.9. The molecule has 0 unspecified atom stereocenters. The van der Waals surface area contributed by atoms with E-state index < -0.39 is 5.41 Å². The van der Waals surface area contributed by atoms with Gasteiger partial charge in [0.2, 0.25) is 16.9 Å². The highest BCUT2D eigenvalue weighted by atomic mass is 32.1. The van der Waals surface area contributed by atoms with Crippen molar-refractivity contribution in [3.63, 3.8) is 0 Å². The Labute approximate surface area is 205 Å². The van der Waals surface area contributed by atoms with Gasteiger partial charge in [-0.1, -0.05) is 49.4 Å². The van der Waals surface area contributed by atoms with Crippen LogP contribution in [0.5, 0.6) is 11.6 Å². The Bertz CT molecular complexity index is 1410. The second-order valence-electron chi connectivity index (χ2n) is 8.93. The van der Waals surface area contributed by atoms with E-state index in [4.69, 9.17) is 9.72 Å². The number of nitrogens with zero attached hydrogens (tertiary/aromatic N) is 6. The summed E-state index contributed by atoms with van der Waals surface area (Å²) in [7, 11) is 3.32. The molecule has 4 heterocycles. The van der Waals surface area contributed by atoms with Gasteiger partial charge >= 0.3 is 6.03 Å². The van der Waals surface area contributed by atoms with Crippen molar-refractivity contribution >= 4 is 28.4 Å². The molecule has 10 nitrogen and oxygen atoms in total. The van der Waals surface area contributed by atoms with Crippen molar-refractivity contribution in [1.82, 2.24) is 29.9 Å². The SMILES string of the molecule is CN(C)C(=O)n1cc(-c2ccc3c(n2)Oc2ccccc2[C@@H]3C(C)(C)C(=O)Nc2nncs2)cn1. The number of carbonyl (C=O) groups is 2. The number of anilines is 1. The third-order valence-corrected chi connectivity index (χ3v) is 6.59. The predicted octanol–water partition coefficient (Wildman–Crippen LogP) is 4.23. The average Bonchev–Trinajstić information content (AvgIpc) is 3.54. The van der Waals surface area contributed by atoms with Crippen molar-refractivity contribution in [2.24, 2.45) is 5.41 Å². The van der Waals surface area contributed by atoms with Crippen LogP contribution in [0.15, 0.2) is 54.3 Å². The number of ether oxygens (including phenoxy) is 1. The minimum absolute atomic E-state index is 0.186. The summed E-state index contributed by atoms with van der Waals surface area (Å²) in [6.07, 6.45) is 3.22. The molecule has 0 radical (unpaired) electrons. The largest absolute Gasteiger partial charge is 0.438 e. The van der Waals surface area contributed by atoms with E-state index in [0.29, 0.717) is 28.0 Å². The number of carbonyl (C=O) groups excluding carboxylic acids is 2. The number of rotatable bonds is 4. The quantitative estimate of drug-likeness (QED) is 0.456. The van der Waals surface area contributed by atoms with Crippen LogP contribution in [0.1, 0.15) is 30.9 Å². The van der Waals surface area contributed by atoms with Crippen molar-refractivity contribution in [2.45, 2.75) is 19.8 Å². The summed E-state index contributed by atoms with van der Waals surface area (Å²) in [6, 6.07) is 11.2. The van der Waals surface area contributed by atoms with E-state index in [0.717, 1.165) is 11.1 Å². The Morgan fingerprint density at radius 2 is 1.94 bits per heavy atom. The van der Waals surface area contributed by atoms with Crippen LogP contribution in [0.2, 0.25) is 0 Å². The molecule has 3 aromatic heterocycles. The number of hydrogen-bond acceptors (Lipinski definition) is 8. The van der Waals surface area contributed by atoms with Gasteiger partial charge in [-0.15, -0.1) is 10.2 Å². The molecule has 1 N–H and O–H groups in total. The summed E-state index contributed by atoms with van der Waals surface area (Å²) in [4.78, 5) is 31.8. The molecular formula is C24H23N7O3S. The second kappa shape index (κ2) is 8.58. The molecule has 0 bridgehead atoms. The molecule has 11 heteroatoms. The highest BCUT2D eigenvalue weighted by Crippen LogP contribution is 2.51. The molecule has 5 rings (SSSR count). The first-order valence-corrected chi connectivity index (χ1v) is 11.8. The number of para-hydroxylation sites is 1. The number of pyridine rings is 1. The summed E-state index contributed by atoms with van der Waals surface area (Å²) in [5.74, 6) is 0.545. The number of fused-ring (bicyclic) bond motifs is 2. The molecule has 4 aromatic rings. The van der Waals surface area contributed by atoms with Gasteiger partial charge in [0.25, 0.3) is 0 Å². The minimum Gasteiger partial charge on any atom is -0.438 e. The molecular weight excluding hydrogens is 466 g/mol. The van der Waals surface area contributed by atoms with Gasteiger partial charge in [0.1, 0.15) is 11.3 Å². The third kappa shape index (κ3) is 4.03. The van der Waals surface area contributed by atoms with E-state index in [1.165, 1.54) is 20.9 Å². The zero-order valence-electron chi connectivity index (χ0n) is 19.6. The smallest absolute Gasteiger partial charge is 0.344 e. The number of hydrogen-bond donors (Lipinski definition) is 1. The maximum atomic E-state index is 13.4. The molecule has 0 spiro atoms. The Morgan fingerprint density at radius 1 is 1.14 bits per heavy atom. The van der Waals surface area contributed by atoms with Gasteiger partial charge in [0, 0.05) is 42.9 Å². The zero-order chi connectivity index (χ0) is 24.7. The van der Waals surface area contributed by atoms with E-state index in [-0.39, 0.29) is 17.9 Å². The Hall–Kier alpha value is -4.12. The van der Waals surface area contributed by atoms with Crippen molar-refractivity contribution in [3.05, 3.63) is 65.4 Å². The maximum absolute atomic E-state index is 13.4. The summed E-state index contributed by atoms with van der Waals surface area (Å²) in [5.41, 5.74) is 3.68. The van der Waals surface area contributed by atoms with Crippen LogP contribution >= 0.6 is 11.3 Å². The number of benzene rings is 1. The van der Waals surface area contributed by atoms with E-state index in [1.807, 2.05) is 50.2 Å². The van der Waals surface area contributed by atoms with Gasteiger partial charge in [-0.2, -0.15) is 9.78 Å². The highest BCUT2D eigenvalue weighted by Gasteiger charge is 2.44. The topological polar surface area (TPSA) is 115 Å². The Morgan fingerprint density at radius 3 is 2.69 bits per heavy atom. The predicted molar refractivity (Wildman–Crippen MR) is 131 cm³/mol. The third-order valence-electron chi connectivity index (χ3n) is 5.98. The van der Waals surface area contributed by atoms with Crippen LogP contribution in [0.25, 0.3) is 11.3 Å². The van der Waals surface area contributed by atoms with Crippen molar-refractivity contribution in [3.8, 4) is 22.9 Å². The molecule has 1 aliphatic heterocycles. The minimum atomic E-state index is -0.869. The highest BCUT2D eigenvalue weighted by molar-refractivity contribution is 7.13. The normalized spacial score (nSPS) is 14.5. The summed E-state index contributed by atoms with van der Waals surface area (Å²) >= 11 is 1.26. The molecule has 0 fully saturated rings. The van der Waals surface area contributed by atoms with Gasteiger partial charge in [0.15, 0.2) is 0 Å². The summed E-state index contributed by atoms with van der Waals surface area (Å²) < 4.78 is 7.44. The average molecular weight is 490 g/mol. The Kier molecular flexibility index (Phi) is 5.56. The molecule has 35 heavy (non-hydrogen) atoms. The number of aromatic nitrogens is 5. The van der Waals surface area contributed by atoms with Crippen LogP contribution < -0.4 is 10.1 Å². The molecule has 0 saturated heterocycles. The van der Waals surface area contributed by atoms with Crippen LogP contribution in [0, 0.1) is 5.41 Å². The van der Waals surface area contributed by atoms with E-state index in [1.54, 1.807) is 32.0 Å². The molecule has 178 valence electrons. The monoisotopic (exact) mass is 489 g/mol. The lowest BCUT2D eigenvalue weighted by molar-refractivity contribution is -0.124. The van der Waals surface area contributed by atoms with Crippen molar-refractivity contribution in [2.75, 3.05) is 19.4 Å². The maximum Gasteiger partial charge on any atom is 0.344 e. The van der Waals surface area contributed by atoms with Crippen molar-refractivity contribution in [1.29, 1.82) is 0 Å². The zero-order valence-corrected chi connectivity index (χ0v) is 20.4. The fourth-order valence-electron chi connectivity index (χ4n) is 4.16. The molecule has 0 saturated carbocycles. The lowest BCUT2D eigenvalue weighted by Gasteiger charge is -2.37. The standard InChI is InChI=1S/C24H23N7O3S/c1-24(2,21(32)28-22-29-25-13-35-22)19-15-7-5-6-8-18(15)34-20-16(19)9-10-17(27-20)14-11-26-31(12-14)23(33)30(3)4/h5-13,19H,1-4H3,(H,28,29,32)/t19-/m0/s1. The van der Waals surface area contributed by atoms with E-state index in [9.17, 15) is 9.59 Å². The summed E-state index contributed by atoms with van der Waals surface area (Å²) in [6.45, 7) is 3.79. The molecule has 1 aliphatic rings. The molecule has 2 amide bonds. The van der Waals surface area contributed by atoms with Crippen LogP contribution in [-0.4, -0.2) is 55.9 Å². The first kappa shape index (κ1) is 22.7. The summed E-state index contributed by atoms with van der Waals surface area (Å²) in [5, 5.41) is 15.2. The molecule has 1 atom stereocenters. The van der Waals surface area contributed by atoms with Crippen LogP contribution in [-0.2, 0) is 4.79 Å². The Balaban J connectivity index is 1.54. The lowest BCUT2D eigenvalue weighted by atomic mass is 9.69. The number of nitrogens with one attached hydrogen (secondary N) is 1.